The average molecular weight is 386 g/mol. The number of carbonyl (C=O) groups excluding carboxylic acids is 3. The molecule has 1 N–H and O–H groups in total. The number of rotatable bonds is 5. The number of carbonyl (C=O) groups is 3. The summed E-state index contributed by atoms with van der Waals surface area (Å²) in [5.41, 5.74) is 0.626. The van der Waals surface area contributed by atoms with E-state index in [1.54, 1.807) is 36.0 Å². The fourth-order valence-electron chi connectivity index (χ4n) is 3.89. The minimum absolute atomic E-state index is 0.0513. The van der Waals surface area contributed by atoms with Crippen LogP contribution in [-0.4, -0.2) is 84.8 Å². The van der Waals surface area contributed by atoms with Crippen molar-refractivity contribution in [2.45, 2.75) is 37.8 Å². The van der Waals surface area contributed by atoms with E-state index in [0.29, 0.717) is 25.1 Å². The van der Waals surface area contributed by atoms with Gasteiger partial charge in [0.05, 0.1) is 6.54 Å². The van der Waals surface area contributed by atoms with Crippen molar-refractivity contribution < 1.29 is 14.4 Å². The minimum Gasteiger partial charge on any atom is -0.351 e. The summed E-state index contributed by atoms with van der Waals surface area (Å²) in [6, 6.07) is 8.86. The first-order valence-corrected chi connectivity index (χ1v) is 10.0. The molecule has 7 nitrogen and oxygen atoms in total. The highest BCUT2D eigenvalue weighted by Crippen LogP contribution is 2.21. The van der Waals surface area contributed by atoms with E-state index in [9.17, 15) is 14.4 Å². The predicted octanol–water partition coefficient (Wildman–Crippen LogP) is 0.960. The second-order valence-corrected chi connectivity index (χ2v) is 7.87. The van der Waals surface area contributed by atoms with Crippen molar-refractivity contribution in [2.75, 3.05) is 40.3 Å². The van der Waals surface area contributed by atoms with Crippen LogP contribution in [-0.2, 0) is 9.59 Å². The Kier molecular flexibility index (Phi) is 6.67. The van der Waals surface area contributed by atoms with Crippen molar-refractivity contribution in [1.29, 1.82) is 0 Å². The molecule has 0 bridgehead atoms. The van der Waals surface area contributed by atoms with Crippen molar-refractivity contribution in [3.05, 3.63) is 35.9 Å². The maximum atomic E-state index is 12.8. The second-order valence-electron chi connectivity index (χ2n) is 7.87. The van der Waals surface area contributed by atoms with Crippen molar-refractivity contribution >= 4 is 17.7 Å². The molecular weight excluding hydrogens is 356 g/mol. The zero-order valence-electron chi connectivity index (χ0n) is 16.8. The Labute approximate surface area is 166 Å². The van der Waals surface area contributed by atoms with Gasteiger partial charge in [-0.2, -0.15) is 0 Å². The molecule has 1 unspecified atom stereocenters. The third-order valence-corrected chi connectivity index (χ3v) is 5.63. The van der Waals surface area contributed by atoms with E-state index in [1.165, 1.54) is 0 Å². The average Bonchev–Trinajstić information content (AvgIpc) is 3.19. The van der Waals surface area contributed by atoms with Crippen molar-refractivity contribution in [3.8, 4) is 0 Å². The van der Waals surface area contributed by atoms with Gasteiger partial charge in [-0.15, -0.1) is 0 Å². The van der Waals surface area contributed by atoms with Gasteiger partial charge in [0.2, 0.25) is 11.8 Å². The summed E-state index contributed by atoms with van der Waals surface area (Å²) in [6.45, 7) is 2.64. The normalized spacial score (nSPS) is 20.8. The Morgan fingerprint density at radius 2 is 1.71 bits per heavy atom. The predicted molar refractivity (Wildman–Crippen MR) is 107 cm³/mol. The summed E-state index contributed by atoms with van der Waals surface area (Å²) in [6.07, 6.45) is 3.21. The number of piperidine rings is 1. The topological polar surface area (TPSA) is 73.0 Å². The molecule has 2 aliphatic rings. The molecule has 0 radical (unpaired) electrons. The van der Waals surface area contributed by atoms with Gasteiger partial charge in [-0.05, 0) is 37.8 Å². The second kappa shape index (κ2) is 9.19. The molecule has 3 rings (SSSR count). The molecule has 2 fully saturated rings. The van der Waals surface area contributed by atoms with Gasteiger partial charge in [0, 0.05) is 45.3 Å². The minimum atomic E-state index is -0.388. The molecule has 3 amide bonds. The number of hydrogen-bond acceptors (Lipinski definition) is 4. The molecule has 1 aromatic carbocycles. The van der Waals surface area contributed by atoms with Gasteiger partial charge in [-0.3, -0.25) is 19.3 Å². The number of nitrogens with zero attached hydrogens (tertiary/aromatic N) is 3. The van der Waals surface area contributed by atoms with Crippen LogP contribution >= 0.6 is 0 Å². The first-order valence-electron chi connectivity index (χ1n) is 10.0. The first kappa shape index (κ1) is 20.3. The smallest absolute Gasteiger partial charge is 0.254 e. The molecule has 1 aromatic rings. The van der Waals surface area contributed by atoms with Gasteiger partial charge in [-0.25, -0.2) is 0 Å². The van der Waals surface area contributed by atoms with Gasteiger partial charge in [-0.1, -0.05) is 18.2 Å². The van der Waals surface area contributed by atoms with Crippen molar-refractivity contribution in [2.24, 2.45) is 0 Å². The van der Waals surface area contributed by atoms with Crippen molar-refractivity contribution in [1.82, 2.24) is 20.0 Å². The SMILES string of the molecule is CN(C)C(=O)CN1CCC(NC(=O)C2CCCN2C(=O)c2ccccc2)CC1. The molecule has 0 aliphatic carbocycles. The molecule has 2 saturated heterocycles. The summed E-state index contributed by atoms with van der Waals surface area (Å²) < 4.78 is 0. The summed E-state index contributed by atoms with van der Waals surface area (Å²) in [7, 11) is 3.53. The zero-order valence-corrected chi connectivity index (χ0v) is 16.8. The van der Waals surface area contributed by atoms with Crippen LogP contribution in [0.15, 0.2) is 30.3 Å². The Morgan fingerprint density at radius 3 is 2.36 bits per heavy atom. The van der Waals surface area contributed by atoms with Crippen molar-refractivity contribution in [3.63, 3.8) is 0 Å². The maximum Gasteiger partial charge on any atom is 0.254 e. The molecule has 0 spiro atoms. The van der Waals surface area contributed by atoms with E-state index in [-0.39, 0.29) is 29.8 Å². The fourth-order valence-corrected chi connectivity index (χ4v) is 3.89. The lowest BCUT2D eigenvalue weighted by Crippen LogP contribution is -2.52. The van der Waals surface area contributed by atoms with Crippen LogP contribution in [0.5, 0.6) is 0 Å². The molecule has 28 heavy (non-hydrogen) atoms. The highest BCUT2D eigenvalue weighted by Gasteiger charge is 2.35. The standard InChI is InChI=1S/C21H30N4O3/c1-23(2)19(26)15-24-13-10-17(11-14-24)22-20(27)18-9-6-12-25(18)21(28)16-7-4-3-5-8-16/h3-5,7-8,17-18H,6,9-15H2,1-2H3,(H,22,27). The van der Waals surface area contributed by atoms with Crippen LogP contribution in [0.4, 0.5) is 0 Å². The highest BCUT2D eigenvalue weighted by atomic mass is 16.2. The van der Waals surface area contributed by atoms with Gasteiger partial charge >= 0.3 is 0 Å². The molecule has 2 heterocycles. The van der Waals surface area contributed by atoms with Crippen LogP contribution in [0.3, 0.4) is 0 Å². The lowest BCUT2D eigenvalue weighted by atomic mass is 10.0. The van der Waals surface area contributed by atoms with Crippen LogP contribution in [0.1, 0.15) is 36.0 Å². The number of likely N-dealkylation sites (tertiary alicyclic amines) is 2. The van der Waals surface area contributed by atoms with Crippen LogP contribution in [0.2, 0.25) is 0 Å². The Balaban J connectivity index is 1.51. The highest BCUT2D eigenvalue weighted by molar-refractivity contribution is 5.98. The molecule has 2 aliphatic heterocycles. The van der Waals surface area contributed by atoms with E-state index in [0.717, 1.165) is 32.4 Å². The number of nitrogens with one attached hydrogen (secondary N) is 1. The van der Waals surface area contributed by atoms with Gasteiger partial charge < -0.3 is 15.1 Å². The van der Waals surface area contributed by atoms with Crippen LogP contribution in [0.25, 0.3) is 0 Å². The number of amides is 3. The Morgan fingerprint density at radius 1 is 1.04 bits per heavy atom. The largest absolute Gasteiger partial charge is 0.351 e. The summed E-state index contributed by atoms with van der Waals surface area (Å²) >= 11 is 0. The summed E-state index contributed by atoms with van der Waals surface area (Å²) in [5.74, 6) is -0.0247. The number of hydrogen-bond donors (Lipinski definition) is 1. The van der Waals surface area contributed by atoms with E-state index in [1.807, 2.05) is 18.2 Å². The molecular formula is C21H30N4O3. The number of likely N-dealkylation sites (N-methyl/N-ethyl adjacent to an activating group) is 1. The van der Waals surface area contributed by atoms with E-state index < -0.39 is 0 Å². The molecule has 0 saturated carbocycles. The monoisotopic (exact) mass is 386 g/mol. The quantitative estimate of drug-likeness (QED) is 0.818. The lowest BCUT2D eigenvalue weighted by molar-refractivity contribution is -0.130. The van der Waals surface area contributed by atoms with Crippen LogP contribution < -0.4 is 5.32 Å². The van der Waals surface area contributed by atoms with Gasteiger partial charge in [0.15, 0.2) is 0 Å². The summed E-state index contributed by atoms with van der Waals surface area (Å²) in [5, 5.41) is 3.14. The number of benzene rings is 1. The van der Waals surface area contributed by atoms with Gasteiger partial charge in [0.25, 0.3) is 5.91 Å². The Bertz CT molecular complexity index is 699. The van der Waals surface area contributed by atoms with Crippen LogP contribution in [0, 0.1) is 0 Å². The lowest BCUT2D eigenvalue weighted by Gasteiger charge is -2.33. The van der Waals surface area contributed by atoms with E-state index >= 15 is 0 Å². The fraction of sp³-hybridized carbons (Fsp3) is 0.571. The third kappa shape index (κ3) is 4.90. The molecule has 1 atom stereocenters. The Hall–Kier alpha value is -2.41. The zero-order chi connectivity index (χ0) is 20.1. The molecule has 7 heteroatoms. The third-order valence-electron chi connectivity index (χ3n) is 5.63. The first-order chi connectivity index (χ1) is 13.5. The van der Waals surface area contributed by atoms with Gasteiger partial charge in [0.1, 0.15) is 6.04 Å². The summed E-state index contributed by atoms with van der Waals surface area (Å²) in [4.78, 5) is 42.9. The van der Waals surface area contributed by atoms with E-state index in [4.69, 9.17) is 0 Å². The molecule has 0 aromatic heterocycles. The van der Waals surface area contributed by atoms with E-state index in [2.05, 4.69) is 10.2 Å². The molecule has 152 valence electrons. The maximum absolute atomic E-state index is 12.8.